The van der Waals surface area contributed by atoms with Gasteiger partial charge in [-0.25, -0.2) is 4.79 Å². The van der Waals surface area contributed by atoms with E-state index in [4.69, 9.17) is 20.1 Å². The Morgan fingerprint density at radius 2 is 1.84 bits per heavy atom. The second-order valence-corrected chi connectivity index (χ2v) is 6.80. The van der Waals surface area contributed by atoms with E-state index in [1.807, 2.05) is 0 Å². The van der Waals surface area contributed by atoms with E-state index in [1.165, 1.54) is 35.1 Å². The molecule has 166 valence electrons. The van der Waals surface area contributed by atoms with Gasteiger partial charge in [-0.2, -0.15) is 18.4 Å². The second-order valence-electron chi connectivity index (χ2n) is 6.80. The van der Waals surface area contributed by atoms with Crippen LogP contribution in [0.15, 0.2) is 42.1 Å². The zero-order chi connectivity index (χ0) is 23.6. The second kappa shape index (κ2) is 8.63. The number of ether oxygens (including phenoxy) is 2. The number of alkyl halides is 3. The number of benzene rings is 2. The number of amides is 2. The lowest BCUT2D eigenvalue weighted by Crippen LogP contribution is -2.30. The van der Waals surface area contributed by atoms with Crippen molar-refractivity contribution in [2.75, 3.05) is 20.7 Å². The van der Waals surface area contributed by atoms with Crippen molar-refractivity contribution in [2.24, 2.45) is 0 Å². The highest BCUT2D eigenvalue weighted by Gasteiger charge is 2.36. The highest BCUT2D eigenvalue weighted by Crippen LogP contribution is 2.41. The maximum absolute atomic E-state index is 13.4. The van der Waals surface area contributed by atoms with Crippen molar-refractivity contribution in [3.63, 3.8) is 0 Å². The predicted molar refractivity (Wildman–Crippen MR) is 110 cm³/mol. The van der Waals surface area contributed by atoms with Crippen molar-refractivity contribution in [3.05, 3.63) is 58.8 Å². The number of methoxy groups -OCH3 is 1. The number of halogens is 3. The third-order valence-corrected chi connectivity index (χ3v) is 4.83. The molecule has 2 aromatic carbocycles. The van der Waals surface area contributed by atoms with Gasteiger partial charge in [0.2, 0.25) is 0 Å². The van der Waals surface area contributed by atoms with Gasteiger partial charge >= 0.3 is 12.2 Å². The summed E-state index contributed by atoms with van der Waals surface area (Å²) >= 11 is 0. The van der Waals surface area contributed by atoms with Gasteiger partial charge in [0.25, 0.3) is 0 Å². The first kappa shape index (κ1) is 22.7. The molecule has 2 aromatic rings. The van der Waals surface area contributed by atoms with Crippen molar-refractivity contribution in [3.8, 4) is 23.3 Å². The molecule has 3 rings (SSSR count). The van der Waals surface area contributed by atoms with Gasteiger partial charge in [0.1, 0.15) is 5.75 Å². The van der Waals surface area contributed by atoms with Crippen LogP contribution in [0.25, 0.3) is 6.08 Å². The number of likely N-dealkylation sites (N-methyl/N-ethyl adjacent to an activating group) is 2. The highest BCUT2D eigenvalue weighted by molar-refractivity contribution is 6.15. The van der Waals surface area contributed by atoms with Crippen LogP contribution >= 0.6 is 0 Å². The number of rotatable bonds is 5. The summed E-state index contributed by atoms with van der Waals surface area (Å²) in [5.41, 5.74) is -0.289. The molecule has 0 radical (unpaired) electrons. The third kappa shape index (κ3) is 4.23. The lowest BCUT2D eigenvalue weighted by molar-refractivity contribution is -0.138. The van der Waals surface area contributed by atoms with Crippen molar-refractivity contribution < 1.29 is 27.4 Å². The molecule has 2 amide bonds. The summed E-state index contributed by atoms with van der Waals surface area (Å²) in [5, 5.41) is 17.1. The van der Waals surface area contributed by atoms with Crippen molar-refractivity contribution in [2.45, 2.75) is 13.1 Å². The maximum atomic E-state index is 13.4. The van der Waals surface area contributed by atoms with Gasteiger partial charge in [-0.3, -0.25) is 15.2 Å². The Bertz CT molecular complexity index is 1150. The van der Waals surface area contributed by atoms with E-state index in [0.29, 0.717) is 17.8 Å². The number of nitrogens with one attached hydrogen (secondary N) is 1. The minimum atomic E-state index is -4.72. The van der Waals surface area contributed by atoms with Gasteiger partial charge in [0.15, 0.2) is 17.3 Å². The molecule has 1 saturated heterocycles. The summed E-state index contributed by atoms with van der Waals surface area (Å²) < 4.78 is 51.0. The molecular formula is C22H19F3N4O3. The minimum Gasteiger partial charge on any atom is -0.493 e. The summed E-state index contributed by atoms with van der Waals surface area (Å²) in [6, 6.07) is 8.92. The van der Waals surface area contributed by atoms with Gasteiger partial charge in [-0.1, -0.05) is 6.07 Å². The van der Waals surface area contributed by atoms with Gasteiger partial charge in [0, 0.05) is 13.6 Å². The summed E-state index contributed by atoms with van der Waals surface area (Å²) in [7, 11) is 2.89. The molecule has 1 aliphatic heterocycles. The molecule has 0 unspecified atom stereocenters. The van der Waals surface area contributed by atoms with Gasteiger partial charge in [-0.15, -0.1) is 0 Å². The van der Waals surface area contributed by atoms with Crippen molar-refractivity contribution in [1.82, 2.24) is 9.80 Å². The fourth-order valence-corrected chi connectivity index (χ4v) is 3.18. The number of nitrogens with zero attached hydrogens (tertiary/aromatic N) is 3. The lowest BCUT2D eigenvalue weighted by Gasteiger charge is -2.16. The molecule has 1 heterocycles. The number of amidine groups is 1. The monoisotopic (exact) mass is 444 g/mol. The van der Waals surface area contributed by atoms with E-state index >= 15 is 0 Å². The molecule has 10 heteroatoms. The van der Waals surface area contributed by atoms with Gasteiger partial charge in [0.05, 0.1) is 30.0 Å². The summed E-state index contributed by atoms with van der Waals surface area (Å²) in [6.07, 6.45) is -3.12. The van der Waals surface area contributed by atoms with E-state index in [1.54, 1.807) is 32.2 Å². The summed E-state index contributed by atoms with van der Waals surface area (Å²) in [6.45, 7) is 2.11. The standard InChI is InChI=1S/C22H19F3N4O3/c1-4-29-20(27)16(28(2)21(29)30)10-13-5-8-18(19(11-13)31-3)32-17-7-6-14(12-26)9-15(17)22(23,24)25/h5-11,27H,4H2,1-3H3. The quantitative estimate of drug-likeness (QED) is 0.696. The molecule has 0 saturated carbocycles. The zero-order valence-corrected chi connectivity index (χ0v) is 17.4. The average molecular weight is 444 g/mol. The smallest absolute Gasteiger partial charge is 0.420 e. The van der Waals surface area contributed by atoms with Crippen LogP contribution < -0.4 is 9.47 Å². The molecule has 0 aliphatic carbocycles. The molecule has 0 spiro atoms. The molecule has 1 aliphatic rings. The van der Waals surface area contributed by atoms with E-state index < -0.39 is 17.5 Å². The summed E-state index contributed by atoms with van der Waals surface area (Å²) in [4.78, 5) is 14.9. The van der Waals surface area contributed by atoms with E-state index in [0.717, 1.165) is 12.1 Å². The summed E-state index contributed by atoms with van der Waals surface area (Å²) in [5.74, 6) is -0.234. The molecule has 32 heavy (non-hydrogen) atoms. The van der Waals surface area contributed by atoms with Crippen LogP contribution in [0.1, 0.15) is 23.6 Å². The van der Waals surface area contributed by atoms with Gasteiger partial charge < -0.3 is 9.47 Å². The number of hydrogen-bond acceptors (Lipinski definition) is 5. The number of carbonyl (C=O) groups is 1. The third-order valence-electron chi connectivity index (χ3n) is 4.83. The van der Waals surface area contributed by atoms with E-state index in [9.17, 15) is 18.0 Å². The molecule has 7 nitrogen and oxygen atoms in total. The fraction of sp³-hybridized carbons (Fsp3) is 0.227. The fourth-order valence-electron chi connectivity index (χ4n) is 3.18. The Morgan fingerprint density at radius 3 is 2.41 bits per heavy atom. The number of nitriles is 1. The first-order valence-corrected chi connectivity index (χ1v) is 9.43. The van der Waals surface area contributed by atoms with Crippen molar-refractivity contribution >= 4 is 17.9 Å². The number of carbonyl (C=O) groups excluding carboxylic acids is 1. The van der Waals surface area contributed by atoms with Crippen LogP contribution in [0, 0.1) is 16.7 Å². The highest BCUT2D eigenvalue weighted by atomic mass is 19.4. The Hall–Kier alpha value is -4.00. The van der Waals surface area contributed by atoms with Crippen LogP contribution in [0.5, 0.6) is 17.2 Å². The Balaban J connectivity index is 1.97. The topological polar surface area (TPSA) is 89.7 Å². The Morgan fingerprint density at radius 1 is 1.16 bits per heavy atom. The Labute approximate surface area is 182 Å². The molecule has 0 atom stereocenters. The molecule has 1 fully saturated rings. The Kier molecular flexibility index (Phi) is 6.11. The number of urea groups is 1. The van der Waals surface area contributed by atoms with Crippen LogP contribution in [0.2, 0.25) is 0 Å². The van der Waals surface area contributed by atoms with Crippen LogP contribution in [-0.2, 0) is 6.18 Å². The van der Waals surface area contributed by atoms with Crippen molar-refractivity contribution in [1.29, 1.82) is 10.7 Å². The van der Waals surface area contributed by atoms with Crippen LogP contribution in [0.4, 0.5) is 18.0 Å². The van der Waals surface area contributed by atoms with E-state index in [2.05, 4.69) is 0 Å². The van der Waals surface area contributed by atoms with Crippen LogP contribution in [0.3, 0.4) is 0 Å². The molecule has 0 aromatic heterocycles. The maximum Gasteiger partial charge on any atom is 0.420 e. The normalized spacial score (nSPS) is 15.3. The first-order chi connectivity index (χ1) is 15.1. The molecule has 1 N–H and O–H groups in total. The number of hydrogen-bond donors (Lipinski definition) is 1. The minimum absolute atomic E-state index is 0.0333. The van der Waals surface area contributed by atoms with Gasteiger partial charge in [-0.05, 0) is 48.9 Å². The largest absolute Gasteiger partial charge is 0.493 e. The van der Waals surface area contributed by atoms with Crippen LogP contribution in [-0.4, -0.2) is 42.4 Å². The lowest BCUT2D eigenvalue weighted by atomic mass is 10.1. The zero-order valence-electron chi connectivity index (χ0n) is 17.4. The molecule has 0 bridgehead atoms. The molecular weight excluding hydrogens is 425 g/mol. The first-order valence-electron chi connectivity index (χ1n) is 9.43. The SMILES string of the molecule is CCN1C(=N)C(=Cc2ccc(Oc3ccc(C#N)cc3C(F)(F)F)c(OC)c2)N(C)C1=O. The predicted octanol–water partition coefficient (Wildman–Crippen LogP) is 5.08. The average Bonchev–Trinajstić information content (AvgIpc) is 2.96. The van der Waals surface area contributed by atoms with E-state index in [-0.39, 0.29) is 28.9 Å².